The minimum Gasteiger partial charge on any atom is -0.356 e. The topological polar surface area (TPSA) is 39.7 Å². The molecule has 1 aromatic carbocycles. The van der Waals surface area contributed by atoms with Crippen LogP contribution in [0.25, 0.3) is 0 Å². The van der Waals surface area contributed by atoms with Gasteiger partial charge >= 0.3 is 0 Å². The zero-order chi connectivity index (χ0) is 17.4. The highest BCUT2D eigenvalue weighted by molar-refractivity contribution is 5.79. The lowest BCUT2D eigenvalue weighted by Crippen LogP contribution is -2.38. The van der Waals surface area contributed by atoms with Crippen LogP contribution in [-0.2, 0) is 13.1 Å². The van der Waals surface area contributed by atoms with Crippen LogP contribution in [0.1, 0.15) is 44.7 Å². The fourth-order valence-electron chi connectivity index (χ4n) is 3.02. The molecule has 4 heteroatoms. The van der Waals surface area contributed by atoms with E-state index >= 15 is 0 Å². The Hall–Kier alpha value is -1.55. The molecule has 2 rings (SSSR count). The monoisotopic (exact) mass is 330 g/mol. The van der Waals surface area contributed by atoms with Gasteiger partial charge in [0.15, 0.2) is 5.96 Å². The number of rotatable bonds is 6. The Morgan fingerprint density at radius 3 is 2.58 bits per heavy atom. The molecule has 134 valence electrons. The fraction of sp³-hybridized carbons (Fsp3) is 0.650. The van der Waals surface area contributed by atoms with Gasteiger partial charge in [0.25, 0.3) is 0 Å². The highest BCUT2D eigenvalue weighted by Gasteiger charge is 2.15. The first-order chi connectivity index (χ1) is 11.6. The average Bonchev–Trinajstić information content (AvgIpc) is 2.57. The van der Waals surface area contributed by atoms with Gasteiger partial charge in [0.1, 0.15) is 0 Å². The van der Waals surface area contributed by atoms with Gasteiger partial charge in [-0.3, -0.25) is 9.89 Å². The quantitative estimate of drug-likeness (QED) is 0.621. The summed E-state index contributed by atoms with van der Waals surface area (Å²) in [5, 5.41) is 6.76. The molecular weight excluding hydrogens is 296 g/mol. The smallest absolute Gasteiger partial charge is 0.191 e. The van der Waals surface area contributed by atoms with Crippen LogP contribution < -0.4 is 10.6 Å². The predicted octanol–water partition coefficient (Wildman–Crippen LogP) is 3.24. The van der Waals surface area contributed by atoms with E-state index in [1.54, 1.807) is 0 Å². The maximum Gasteiger partial charge on any atom is 0.191 e. The summed E-state index contributed by atoms with van der Waals surface area (Å²) in [6.07, 6.45) is 2.66. The molecule has 2 N–H and O–H groups in total. The van der Waals surface area contributed by atoms with Crippen molar-refractivity contribution in [1.82, 2.24) is 15.5 Å². The first kappa shape index (κ1) is 18.8. The third-order valence-electron chi connectivity index (χ3n) is 4.64. The van der Waals surface area contributed by atoms with E-state index in [0.717, 1.165) is 31.5 Å². The molecule has 1 heterocycles. The van der Waals surface area contributed by atoms with Crippen molar-refractivity contribution in [2.45, 2.75) is 46.7 Å². The van der Waals surface area contributed by atoms with Crippen molar-refractivity contribution in [3.05, 3.63) is 35.4 Å². The van der Waals surface area contributed by atoms with Gasteiger partial charge in [0.05, 0.1) is 0 Å². The molecule has 24 heavy (non-hydrogen) atoms. The molecule has 0 aliphatic carbocycles. The number of guanidine groups is 1. The van der Waals surface area contributed by atoms with Crippen molar-refractivity contribution in [1.29, 1.82) is 0 Å². The number of hydrogen-bond donors (Lipinski definition) is 2. The van der Waals surface area contributed by atoms with Crippen molar-refractivity contribution in [3.8, 4) is 0 Å². The maximum atomic E-state index is 4.28. The highest BCUT2D eigenvalue weighted by atomic mass is 15.2. The Balaban J connectivity index is 1.83. The zero-order valence-electron chi connectivity index (χ0n) is 15.8. The third kappa shape index (κ3) is 6.52. The van der Waals surface area contributed by atoms with Crippen molar-refractivity contribution < 1.29 is 0 Å². The third-order valence-corrected chi connectivity index (χ3v) is 4.64. The predicted molar refractivity (Wildman–Crippen MR) is 103 cm³/mol. The number of nitrogens with zero attached hydrogens (tertiary/aromatic N) is 2. The van der Waals surface area contributed by atoms with Crippen LogP contribution in [0, 0.1) is 11.8 Å². The standard InChI is InChI=1S/C20H34N4/c1-16(2)13-22-20(21-4)23-14-18-6-5-7-19(12-18)15-24-10-8-17(3)9-11-24/h5-7,12,16-17H,8-11,13-15H2,1-4H3,(H2,21,22,23). The summed E-state index contributed by atoms with van der Waals surface area (Å²) in [4.78, 5) is 6.86. The van der Waals surface area contributed by atoms with Crippen LogP contribution in [0.4, 0.5) is 0 Å². The van der Waals surface area contributed by atoms with E-state index in [1.807, 2.05) is 7.05 Å². The second-order valence-corrected chi connectivity index (χ2v) is 7.48. The first-order valence-corrected chi connectivity index (χ1v) is 9.31. The molecule has 0 saturated carbocycles. The highest BCUT2D eigenvalue weighted by Crippen LogP contribution is 2.18. The number of benzene rings is 1. The summed E-state index contributed by atoms with van der Waals surface area (Å²) in [6.45, 7) is 12.0. The molecule has 1 aliphatic heterocycles. The maximum absolute atomic E-state index is 4.28. The lowest BCUT2D eigenvalue weighted by molar-refractivity contribution is 0.185. The van der Waals surface area contributed by atoms with Gasteiger partial charge < -0.3 is 10.6 Å². The summed E-state index contributed by atoms with van der Waals surface area (Å²) in [5.74, 6) is 2.38. The van der Waals surface area contributed by atoms with Gasteiger partial charge in [-0.15, -0.1) is 0 Å². The van der Waals surface area contributed by atoms with Crippen molar-refractivity contribution >= 4 is 5.96 Å². The molecule has 1 saturated heterocycles. The number of likely N-dealkylation sites (tertiary alicyclic amines) is 1. The number of aliphatic imine (C=N–C) groups is 1. The van der Waals surface area contributed by atoms with Gasteiger partial charge in [-0.2, -0.15) is 0 Å². The second kappa shape index (κ2) is 9.67. The van der Waals surface area contributed by atoms with Crippen LogP contribution >= 0.6 is 0 Å². The average molecular weight is 331 g/mol. The summed E-state index contributed by atoms with van der Waals surface area (Å²) in [6, 6.07) is 8.92. The SMILES string of the molecule is CN=C(NCc1cccc(CN2CCC(C)CC2)c1)NCC(C)C. The summed E-state index contributed by atoms with van der Waals surface area (Å²) in [7, 11) is 1.82. The minimum absolute atomic E-state index is 0.610. The molecule has 1 aliphatic rings. The summed E-state index contributed by atoms with van der Waals surface area (Å²) in [5.41, 5.74) is 2.72. The van der Waals surface area contributed by atoms with Gasteiger partial charge in [0.2, 0.25) is 0 Å². The summed E-state index contributed by atoms with van der Waals surface area (Å²) < 4.78 is 0. The van der Waals surface area contributed by atoms with Crippen LogP contribution in [0.2, 0.25) is 0 Å². The van der Waals surface area contributed by atoms with E-state index in [1.165, 1.54) is 37.1 Å². The van der Waals surface area contributed by atoms with Crippen molar-refractivity contribution in [2.24, 2.45) is 16.8 Å². The van der Waals surface area contributed by atoms with E-state index in [-0.39, 0.29) is 0 Å². The van der Waals surface area contributed by atoms with Gasteiger partial charge in [-0.1, -0.05) is 45.0 Å². The zero-order valence-corrected chi connectivity index (χ0v) is 15.8. The van der Waals surface area contributed by atoms with E-state index in [2.05, 4.69) is 65.6 Å². The van der Waals surface area contributed by atoms with E-state index in [4.69, 9.17) is 0 Å². The molecule has 0 unspecified atom stereocenters. The number of piperidine rings is 1. The Labute approximate surface area is 147 Å². The van der Waals surface area contributed by atoms with E-state index < -0.39 is 0 Å². The Kier molecular flexibility index (Phi) is 7.57. The van der Waals surface area contributed by atoms with Crippen molar-refractivity contribution in [2.75, 3.05) is 26.7 Å². The minimum atomic E-state index is 0.610. The molecular formula is C20H34N4. The Morgan fingerprint density at radius 2 is 1.92 bits per heavy atom. The number of hydrogen-bond acceptors (Lipinski definition) is 2. The van der Waals surface area contributed by atoms with Crippen LogP contribution in [0.15, 0.2) is 29.3 Å². The normalized spacial score (nSPS) is 17.3. The van der Waals surface area contributed by atoms with Gasteiger partial charge in [-0.05, 0) is 48.9 Å². The molecule has 0 spiro atoms. The number of nitrogens with one attached hydrogen (secondary N) is 2. The van der Waals surface area contributed by atoms with Gasteiger partial charge in [0, 0.05) is 26.7 Å². The van der Waals surface area contributed by atoms with Crippen LogP contribution in [0.3, 0.4) is 0 Å². The molecule has 0 amide bonds. The fourth-order valence-corrected chi connectivity index (χ4v) is 3.02. The van der Waals surface area contributed by atoms with E-state index in [0.29, 0.717) is 5.92 Å². The van der Waals surface area contributed by atoms with Gasteiger partial charge in [-0.25, -0.2) is 0 Å². The second-order valence-electron chi connectivity index (χ2n) is 7.48. The molecule has 1 aromatic rings. The molecule has 4 nitrogen and oxygen atoms in total. The lowest BCUT2D eigenvalue weighted by atomic mass is 9.98. The van der Waals surface area contributed by atoms with Crippen LogP contribution in [-0.4, -0.2) is 37.5 Å². The Bertz CT molecular complexity index is 516. The van der Waals surface area contributed by atoms with Crippen LogP contribution in [0.5, 0.6) is 0 Å². The molecule has 0 atom stereocenters. The Morgan fingerprint density at radius 1 is 1.21 bits per heavy atom. The largest absolute Gasteiger partial charge is 0.356 e. The molecule has 0 radical (unpaired) electrons. The molecule has 0 aromatic heterocycles. The van der Waals surface area contributed by atoms with Crippen molar-refractivity contribution in [3.63, 3.8) is 0 Å². The molecule has 0 bridgehead atoms. The first-order valence-electron chi connectivity index (χ1n) is 9.31. The molecule has 1 fully saturated rings. The lowest BCUT2D eigenvalue weighted by Gasteiger charge is -2.30. The van der Waals surface area contributed by atoms with E-state index in [9.17, 15) is 0 Å². The summed E-state index contributed by atoms with van der Waals surface area (Å²) >= 11 is 0.